The highest BCUT2D eigenvalue weighted by atomic mass is 19.1. The minimum absolute atomic E-state index is 0.00329. The first-order chi connectivity index (χ1) is 12.4. The largest absolute Gasteiger partial charge is 0.486 e. The summed E-state index contributed by atoms with van der Waals surface area (Å²) >= 11 is 0. The summed E-state index contributed by atoms with van der Waals surface area (Å²) in [7, 11) is 1.74. The average Bonchev–Trinajstić information content (AvgIpc) is 2.64. The Labute approximate surface area is 155 Å². The number of ether oxygens (including phenoxy) is 2. The molecule has 1 aliphatic rings. The van der Waals surface area contributed by atoms with E-state index in [9.17, 15) is 4.39 Å². The number of hydrogen-bond donors (Lipinski definition) is 2. The molecule has 0 aromatic heterocycles. The maximum atomic E-state index is 13.6. The number of hydrogen-bond acceptors (Lipinski definition) is 4. The topological polar surface area (TPSA) is 58.1 Å². The Balaban J connectivity index is 1.77. The lowest BCUT2D eigenvalue weighted by Gasteiger charge is -2.41. The minimum atomic E-state index is -0.353. The quantitative estimate of drug-likeness (QED) is 0.570. The van der Waals surface area contributed by atoms with E-state index in [0.717, 1.165) is 32.8 Å². The van der Waals surface area contributed by atoms with E-state index >= 15 is 0 Å². The van der Waals surface area contributed by atoms with Crippen LogP contribution in [-0.4, -0.2) is 68.9 Å². The second-order valence-corrected chi connectivity index (χ2v) is 7.08. The average molecular weight is 366 g/mol. The fourth-order valence-corrected chi connectivity index (χ4v) is 2.84. The van der Waals surface area contributed by atoms with E-state index in [0.29, 0.717) is 12.5 Å². The van der Waals surface area contributed by atoms with Crippen LogP contribution in [-0.2, 0) is 4.74 Å². The maximum absolute atomic E-state index is 13.6. The Kier molecular flexibility index (Phi) is 7.66. The van der Waals surface area contributed by atoms with Gasteiger partial charge in [-0.2, -0.15) is 0 Å². The molecule has 0 bridgehead atoms. The van der Waals surface area contributed by atoms with Crippen LogP contribution in [0, 0.1) is 5.82 Å². The Morgan fingerprint density at radius 2 is 2.00 bits per heavy atom. The fraction of sp³-hybridized carbons (Fsp3) is 0.632. The zero-order chi connectivity index (χ0) is 19.0. The van der Waals surface area contributed by atoms with E-state index in [-0.39, 0.29) is 23.2 Å². The maximum Gasteiger partial charge on any atom is 0.191 e. The molecule has 1 aliphatic heterocycles. The summed E-state index contributed by atoms with van der Waals surface area (Å²) in [4.78, 5) is 6.67. The van der Waals surface area contributed by atoms with E-state index < -0.39 is 0 Å². The number of morpholine rings is 1. The van der Waals surface area contributed by atoms with Crippen molar-refractivity contribution in [2.24, 2.45) is 4.99 Å². The van der Waals surface area contributed by atoms with Gasteiger partial charge >= 0.3 is 0 Å². The molecule has 0 spiro atoms. The molecule has 2 rings (SSSR count). The van der Waals surface area contributed by atoms with Crippen molar-refractivity contribution in [2.75, 3.05) is 46.4 Å². The van der Waals surface area contributed by atoms with Gasteiger partial charge in [-0.25, -0.2) is 4.39 Å². The predicted molar refractivity (Wildman–Crippen MR) is 102 cm³/mol. The summed E-state index contributed by atoms with van der Waals surface area (Å²) in [6.07, 6.45) is -0.197. The van der Waals surface area contributed by atoms with Crippen LogP contribution in [0.15, 0.2) is 29.3 Å². The van der Waals surface area contributed by atoms with Gasteiger partial charge in [0.15, 0.2) is 17.5 Å². The molecule has 2 N–H and O–H groups in total. The van der Waals surface area contributed by atoms with Gasteiger partial charge in [-0.15, -0.1) is 0 Å². The van der Waals surface area contributed by atoms with Crippen LogP contribution in [0.4, 0.5) is 4.39 Å². The van der Waals surface area contributed by atoms with Crippen molar-refractivity contribution in [1.82, 2.24) is 15.5 Å². The van der Waals surface area contributed by atoms with Gasteiger partial charge in [0.25, 0.3) is 0 Å². The lowest BCUT2D eigenvalue weighted by atomic mass is 10.0. The van der Waals surface area contributed by atoms with Gasteiger partial charge < -0.3 is 20.1 Å². The fourth-order valence-electron chi connectivity index (χ4n) is 2.84. The number of guanidine groups is 1. The van der Waals surface area contributed by atoms with Crippen LogP contribution in [0.2, 0.25) is 0 Å². The van der Waals surface area contributed by atoms with Crippen LogP contribution < -0.4 is 15.4 Å². The standard InChI is InChI=1S/C19H31FN4O2/c1-15(26-17-8-6-5-7-16(17)20)13-22-18(21-4)23-14-19(2,3)24-9-11-25-12-10-24/h5-8,15H,9-14H2,1-4H3,(H2,21,22,23). The zero-order valence-electron chi connectivity index (χ0n) is 16.2. The molecule has 1 aromatic carbocycles. The lowest BCUT2D eigenvalue weighted by Crippen LogP contribution is -2.56. The molecule has 1 unspecified atom stereocenters. The highest BCUT2D eigenvalue weighted by Gasteiger charge is 2.28. The number of aliphatic imine (C=N–C) groups is 1. The summed E-state index contributed by atoms with van der Waals surface area (Å²) in [6, 6.07) is 6.42. The van der Waals surface area contributed by atoms with Gasteiger partial charge in [0.05, 0.1) is 19.8 Å². The van der Waals surface area contributed by atoms with Gasteiger partial charge in [0, 0.05) is 32.2 Å². The van der Waals surface area contributed by atoms with E-state index in [1.807, 2.05) is 6.92 Å². The smallest absolute Gasteiger partial charge is 0.191 e. The molecular weight excluding hydrogens is 335 g/mol. The summed E-state index contributed by atoms with van der Waals surface area (Å²) in [5, 5.41) is 6.60. The third-order valence-corrected chi connectivity index (χ3v) is 4.50. The lowest BCUT2D eigenvalue weighted by molar-refractivity contribution is -0.00834. The van der Waals surface area contributed by atoms with E-state index in [1.165, 1.54) is 6.07 Å². The molecular formula is C19H31FN4O2. The summed E-state index contributed by atoms with van der Waals surface area (Å²) in [5.41, 5.74) is -0.00329. The van der Waals surface area contributed by atoms with Crippen molar-refractivity contribution >= 4 is 5.96 Å². The van der Waals surface area contributed by atoms with E-state index in [1.54, 1.807) is 25.2 Å². The first kappa shape index (κ1) is 20.5. The second-order valence-electron chi connectivity index (χ2n) is 7.08. The van der Waals surface area contributed by atoms with Crippen LogP contribution in [0.5, 0.6) is 5.75 Å². The molecule has 0 saturated carbocycles. The molecule has 0 amide bonds. The molecule has 1 atom stereocenters. The highest BCUT2D eigenvalue weighted by Crippen LogP contribution is 2.17. The van der Waals surface area contributed by atoms with Crippen LogP contribution in [0.25, 0.3) is 0 Å². The molecule has 0 radical (unpaired) electrons. The van der Waals surface area contributed by atoms with E-state index in [2.05, 4.69) is 34.4 Å². The summed E-state index contributed by atoms with van der Waals surface area (Å²) in [5.74, 6) is 0.614. The molecule has 7 heteroatoms. The second kappa shape index (κ2) is 9.73. The van der Waals surface area contributed by atoms with Crippen molar-refractivity contribution < 1.29 is 13.9 Å². The number of halogens is 1. The molecule has 1 fully saturated rings. The molecule has 146 valence electrons. The zero-order valence-corrected chi connectivity index (χ0v) is 16.2. The number of para-hydroxylation sites is 1. The van der Waals surface area contributed by atoms with Crippen molar-refractivity contribution in [2.45, 2.75) is 32.4 Å². The molecule has 1 heterocycles. The first-order valence-electron chi connectivity index (χ1n) is 9.11. The number of rotatable bonds is 7. The number of nitrogens with one attached hydrogen (secondary N) is 2. The minimum Gasteiger partial charge on any atom is -0.486 e. The van der Waals surface area contributed by atoms with Gasteiger partial charge in [-0.1, -0.05) is 12.1 Å². The monoisotopic (exact) mass is 366 g/mol. The number of benzene rings is 1. The number of nitrogens with zero attached hydrogens (tertiary/aromatic N) is 2. The molecule has 1 saturated heterocycles. The third-order valence-electron chi connectivity index (χ3n) is 4.50. The molecule has 26 heavy (non-hydrogen) atoms. The van der Waals surface area contributed by atoms with Gasteiger partial charge in [-0.05, 0) is 32.9 Å². The third kappa shape index (κ3) is 6.14. The van der Waals surface area contributed by atoms with Gasteiger partial charge in [0.2, 0.25) is 0 Å². The van der Waals surface area contributed by atoms with Crippen molar-refractivity contribution in [3.05, 3.63) is 30.1 Å². The van der Waals surface area contributed by atoms with Crippen LogP contribution in [0.1, 0.15) is 20.8 Å². The van der Waals surface area contributed by atoms with Crippen molar-refractivity contribution in [3.63, 3.8) is 0 Å². The van der Waals surface area contributed by atoms with Crippen LogP contribution >= 0.6 is 0 Å². The Morgan fingerprint density at radius 3 is 2.65 bits per heavy atom. The van der Waals surface area contributed by atoms with Crippen molar-refractivity contribution in [3.8, 4) is 5.75 Å². The Morgan fingerprint density at radius 1 is 1.31 bits per heavy atom. The predicted octanol–water partition coefficient (Wildman–Crippen LogP) is 1.87. The first-order valence-corrected chi connectivity index (χ1v) is 9.11. The molecule has 1 aromatic rings. The van der Waals surface area contributed by atoms with Gasteiger partial charge in [-0.3, -0.25) is 9.89 Å². The SMILES string of the molecule is CN=C(NCC(C)Oc1ccccc1F)NCC(C)(C)N1CCOCC1. The normalized spacial score (nSPS) is 17.7. The summed E-state index contributed by atoms with van der Waals surface area (Å²) < 4.78 is 24.7. The molecule has 6 nitrogen and oxygen atoms in total. The Hall–Kier alpha value is -1.86. The van der Waals surface area contributed by atoms with Crippen molar-refractivity contribution in [1.29, 1.82) is 0 Å². The molecule has 0 aliphatic carbocycles. The Bertz CT molecular complexity index is 589. The van der Waals surface area contributed by atoms with E-state index in [4.69, 9.17) is 9.47 Å². The highest BCUT2D eigenvalue weighted by molar-refractivity contribution is 5.79. The summed E-state index contributed by atoms with van der Waals surface area (Å²) in [6.45, 7) is 11.0. The van der Waals surface area contributed by atoms with Crippen LogP contribution in [0.3, 0.4) is 0 Å². The van der Waals surface area contributed by atoms with Gasteiger partial charge in [0.1, 0.15) is 6.10 Å².